The predicted octanol–water partition coefficient (Wildman–Crippen LogP) is 2.42. The van der Waals surface area contributed by atoms with Gasteiger partial charge in [0.2, 0.25) is 0 Å². The highest BCUT2D eigenvalue weighted by Crippen LogP contribution is 2.35. The second-order valence-electron chi connectivity index (χ2n) is 7.19. The fourth-order valence-electron chi connectivity index (χ4n) is 4.20. The number of pyridine rings is 1. The van der Waals surface area contributed by atoms with Crippen LogP contribution in [0.2, 0.25) is 0 Å². The second kappa shape index (κ2) is 7.36. The van der Waals surface area contributed by atoms with Crippen LogP contribution in [0.4, 0.5) is 0 Å². The minimum atomic E-state index is -0.331. The highest BCUT2D eigenvalue weighted by Gasteiger charge is 2.34. The standard InChI is InChI=1S/C20H24N2O2S/c23-17(14-25-18-5-2-1-3-6-18)13-21-10-15-9-16(12-21)19-7-4-8-20(24)22(19)11-15/h1-8,15-17,23H,9-14H2/t15-,16-,17-/m1/s1. The molecule has 25 heavy (non-hydrogen) atoms. The molecule has 2 bridgehead atoms. The molecule has 1 aromatic carbocycles. The zero-order valence-electron chi connectivity index (χ0n) is 14.3. The van der Waals surface area contributed by atoms with Crippen LogP contribution >= 0.6 is 11.8 Å². The molecular formula is C20H24N2O2S. The molecule has 1 fully saturated rings. The van der Waals surface area contributed by atoms with Gasteiger partial charge in [0.05, 0.1) is 6.10 Å². The number of piperidine rings is 1. The molecule has 4 nitrogen and oxygen atoms in total. The average Bonchev–Trinajstić information content (AvgIpc) is 2.62. The molecule has 1 saturated heterocycles. The van der Waals surface area contributed by atoms with Gasteiger partial charge >= 0.3 is 0 Å². The van der Waals surface area contributed by atoms with E-state index >= 15 is 0 Å². The van der Waals surface area contributed by atoms with Gasteiger partial charge in [-0.2, -0.15) is 0 Å². The molecular weight excluding hydrogens is 332 g/mol. The number of rotatable bonds is 5. The Balaban J connectivity index is 1.36. The molecule has 132 valence electrons. The molecule has 3 atom stereocenters. The first-order valence-corrected chi connectivity index (χ1v) is 9.95. The smallest absolute Gasteiger partial charge is 0.250 e. The van der Waals surface area contributed by atoms with Crippen molar-refractivity contribution in [3.63, 3.8) is 0 Å². The summed E-state index contributed by atoms with van der Waals surface area (Å²) < 4.78 is 1.96. The number of aromatic nitrogens is 1. The van der Waals surface area contributed by atoms with E-state index in [0.29, 0.717) is 24.1 Å². The van der Waals surface area contributed by atoms with E-state index in [2.05, 4.69) is 23.1 Å². The summed E-state index contributed by atoms with van der Waals surface area (Å²) in [5.74, 6) is 1.64. The van der Waals surface area contributed by atoms with Crippen molar-refractivity contribution >= 4 is 11.8 Å². The predicted molar refractivity (Wildman–Crippen MR) is 101 cm³/mol. The summed E-state index contributed by atoms with van der Waals surface area (Å²) in [5.41, 5.74) is 1.29. The van der Waals surface area contributed by atoms with Crippen molar-refractivity contribution in [3.05, 3.63) is 64.6 Å². The highest BCUT2D eigenvalue weighted by atomic mass is 32.2. The molecule has 0 amide bonds. The molecule has 3 heterocycles. The maximum atomic E-state index is 12.1. The van der Waals surface area contributed by atoms with Crippen molar-refractivity contribution in [2.24, 2.45) is 5.92 Å². The lowest BCUT2D eigenvalue weighted by Crippen LogP contribution is -2.49. The van der Waals surface area contributed by atoms with Gasteiger partial charge in [-0.15, -0.1) is 11.8 Å². The maximum absolute atomic E-state index is 12.1. The largest absolute Gasteiger partial charge is 0.391 e. The number of benzene rings is 1. The maximum Gasteiger partial charge on any atom is 0.250 e. The molecule has 4 rings (SSSR count). The molecule has 0 unspecified atom stereocenters. The van der Waals surface area contributed by atoms with Crippen molar-refractivity contribution in [3.8, 4) is 0 Å². The average molecular weight is 356 g/mol. The fraction of sp³-hybridized carbons (Fsp3) is 0.450. The van der Waals surface area contributed by atoms with E-state index < -0.39 is 0 Å². The number of hydrogen-bond acceptors (Lipinski definition) is 4. The molecule has 0 radical (unpaired) electrons. The fourth-order valence-corrected chi connectivity index (χ4v) is 5.04. The van der Waals surface area contributed by atoms with Crippen molar-refractivity contribution in [2.75, 3.05) is 25.4 Å². The zero-order valence-corrected chi connectivity index (χ0v) is 15.1. The van der Waals surface area contributed by atoms with Crippen LogP contribution in [0.5, 0.6) is 0 Å². The molecule has 0 spiro atoms. The third kappa shape index (κ3) is 3.84. The van der Waals surface area contributed by atoms with Crippen LogP contribution in [-0.2, 0) is 6.54 Å². The van der Waals surface area contributed by atoms with Gasteiger partial charge in [0.1, 0.15) is 0 Å². The Hall–Kier alpha value is -1.56. The van der Waals surface area contributed by atoms with Crippen LogP contribution in [0.1, 0.15) is 18.0 Å². The van der Waals surface area contributed by atoms with Gasteiger partial charge in [0, 0.05) is 54.5 Å². The van der Waals surface area contributed by atoms with Crippen molar-refractivity contribution in [2.45, 2.75) is 29.9 Å². The highest BCUT2D eigenvalue weighted by molar-refractivity contribution is 7.99. The Morgan fingerprint density at radius 1 is 1.08 bits per heavy atom. The molecule has 0 saturated carbocycles. The van der Waals surface area contributed by atoms with Gasteiger partial charge in [0.25, 0.3) is 5.56 Å². The molecule has 2 aliphatic heterocycles. The monoisotopic (exact) mass is 356 g/mol. The van der Waals surface area contributed by atoms with Crippen molar-refractivity contribution < 1.29 is 5.11 Å². The first-order chi connectivity index (χ1) is 12.2. The van der Waals surface area contributed by atoms with E-state index in [9.17, 15) is 9.90 Å². The number of aliphatic hydroxyl groups is 1. The Labute approximate surface area is 152 Å². The van der Waals surface area contributed by atoms with E-state index in [0.717, 1.165) is 26.1 Å². The number of nitrogens with zero attached hydrogens (tertiary/aromatic N) is 2. The van der Waals surface area contributed by atoms with Crippen molar-refractivity contribution in [1.82, 2.24) is 9.47 Å². The SMILES string of the molecule is O=c1cccc2n1C[C@@H]1C[C@@H]2CN(C[C@@H](O)CSc2ccccc2)C1. The Morgan fingerprint density at radius 3 is 2.76 bits per heavy atom. The lowest BCUT2D eigenvalue weighted by atomic mass is 9.83. The van der Waals surface area contributed by atoms with Crippen LogP contribution in [0.3, 0.4) is 0 Å². The summed E-state index contributed by atoms with van der Waals surface area (Å²) in [6, 6.07) is 15.9. The Morgan fingerprint density at radius 2 is 1.92 bits per heavy atom. The van der Waals surface area contributed by atoms with E-state index in [1.807, 2.05) is 28.8 Å². The Kier molecular flexibility index (Phi) is 4.97. The quantitative estimate of drug-likeness (QED) is 0.836. The van der Waals surface area contributed by atoms with Gasteiger partial charge < -0.3 is 9.67 Å². The minimum absolute atomic E-state index is 0.125. The van der Waals surface area contributed by atoms with Gasteiger partial charge in [-0.1, -0.05) is 24.3 Å². The zero-order chi connectivity index (χ0) is 17.2. The van der Waals surface area contributed by atoms with E-state index in [1.54, 1.807) is 17.8 Å². The first-order valence-electron chi connectivity index (χ1n) is 8.97. The molecule has 2 aliphatic rings. The Bertz CT molecular complexity index is 777. The third-order valence-electron chi connectivity index (χ3n) is 5.21. The number of aliphatic hydroxyl groups excluding tert-OH is 1. The molecule has 1 aromatic heterocycles. The van der Waals surface area contributed by atoms with Gasteiger partial charge in [0.15, 0.2) is 0 Å². The van der Waals surface area contributed by atoms with Gasteiger partial charge in [-0.25, -0.2) is 0 Å². The topological polar surface area (TPSA) is 45.5 Å². The number of hydrogen-bond donors (Lipinski definition) is 1. The van der Waals surface area contributed by atoms with E-state index in [-0.39, 0.29) is 11.7 Å². The molecule has 2 aromatic rings. The lowest BCUT2D eigenvalue weighted by Gasteiger charge is -2.43. The summed E-state index contributed by atoms with van der Waals surface area (Å²) in [4.78, 5) is 15.7. The summed E-state index contributed by atoms with van der Waals surface area (Å²) in [5, 5.41) is 10.4. The van der Waals surface area contributed by atoms with Crippen LogP contribution in [0.25, 0.3) is 0 Å². The van der Waals surface area contributed by atoms with E-state index in [1.165, 1.54) is 10.6 Å². The molecule has 0 aliphatic carbocycles. The van der Waals surface area contributed by atoms with Gasteiger partial charge in [-0.3, -0.25) is 9.69 Å². The summed E-state index contributed by atoms with van der Waals surface area (Å²) in [6.07, 6.45) is 0.830. The number of β-amino-alcohol motifs (C(OH)–C–C–N with tert-alkyl or cyclic N) is 1. The lowest BCUT2D eigenvalue weighted by molar-refractivity contribution is 0.0717. The summed E-state index contributed by atoms with van der Waals surface area (Å²) in [7, 11) is 0. The summed E-state index contributed by atoms with van der Waals surface area (Å²) >= 11 is 1.71. The van der Waals surface area contributed by atoms with Crippen LogP contribution in [0.15, 0.2) is 58.2 Å². The number of likely N-dealkylation sites (tertiary alicyclic amines) is 1. The van der Waals surface area contributed by atoms with Crippen molar-refractivity contribution in [1.29, 1.82) is 0 Å². The van der Waals surface area contributed by atoms with E-state index in [4.69, 9.17) is 0 Å². The minimum Gasteiger partial charge on any atom is -0.391 e. The third-order valence-corrected chi connectivity index (χ3v) is 6.37. The van der Waals surface area contributed by atoms with Crippen LogP contribution in [-0.4, -0.2) is 46.1 Å². The number of fused-ring (bicyclic) bond motifs is 4. The van der Waals surface area contributed by atoms with Crippen LogP contribution in [0, 0.1) is 5.92 Å². The second-order valence-corrected chi connectivity index (χ2v) is 8.29. The van der Waals surface area contributed by atoms with Crippen LogP contribution < -0.4 is 5.56 Å². The molecule has 1 N–H and O–H groups in total. The van der Waals surface area contributed by atoms with Gasteiger partial charge in [-0.05, 0) is 30.5 Å². The number of thioether (sulfide) groups is 1. The summed E-state index contributed by atoms with van der Waals surface area (Å²) in [6.45, 7) is 3.44. The molecule has 5 heteroatoms. The first kappa shape index (κ1) is 16.9. The normalized spacial score (nSPS) is 23.9.